The number of carboxylic acids is 1. The molecule has 0 amide bonds. The van der Waals surface area contributed by atoms with E-state index in [1.54, 1.807) is 6.08 Å². The minimum Gasteiger partial charge on any atom is -0.481 e. The summed E-state index contributed by atoms with van der Waals surface area (Å²) in [4.78, 5) is 21.9. The Morgan fingerprint density at radius 2 is 1.45 bits per heavy atom. The van der Waals surface area contributed by atoms with E-state index >= 15 is 0 Å². The quantitative estimate of drug-likeness (QED) is 0.248. The van der Waals surface area contributed by atoms with Crippen LogP contribution >= 0.6 is 0 Å². The van der Waals surface area contributed by atoms with Gasteiger partial charge in [0.25, 0.3) is 0 Å². The Kier molecular flexibility index (Phi) is 15.0. The summed E-state index contributed by atoms with van der Waals surface area (Å²) in [5.74, 6) is -0.513. The maximum absolute atomic E-state index is 11.6. The lowest BCUT2D eigenvalue weighted by atomic mass is 10.1. The van der Waals surface area contributed by atoms with Gasteiger partial charge in [0.05, 0.1) is 0 Å². The molecule has 0 aliphatic rings. The number of allylic oxidation sites excluding steroid dienone is 4. The number of rotatable bonds is 15. The van der Waals surface area contributed by atoms with Gasteiger partial charge in [0, 0.05) is 12.8 Å². The fraction of sp³-hybridized carbons (Fsp3) is 0.684. The van der Waals surface area contributed by atoms with Crippen molar-refractivity contribution in [2.45, 2.75) is 84.0 Å². The average molecular weight is 308 g/mol. The third kappa shape index (κ3) is 16.7. The van der Waals surface area contributed by atoms with Crippen LogP contribution in [0.2, 0.25) is 0 Å². The number of carbonyl (C=O) groups excluding carboxylic acids is 1. The lowest BCUT2D eigenvalue weighted by Crippen LogP contribution is -1.94. The molecule has 0 bridgehead atoms. The monoisotopic (exact) mass is 308 g/mol. The summed E-state index contributed by atoms with van der Waals surface area (Å²) < 4.78 is 0. The Hall–Kier alpha value is -1.38. The predicted octanol–water partition coefficient (Wildman–Crippen LogP) is 5.45. The van der Waals surface area contributed by atoms with E-state index in [2.05, 4.69) is 13.0 Å². The van der Waals surface area contributed by atoms with Gasteiger partial charge < -0.3 is 5.11 Å². The Morgan fingerprint density at radius 3 is 2.09 bits per heavy atom. The fourth-order valence-electron chi connectivity index (χ4n) is 2.22. The third-order valence-corrected chi connectivity index (χ3v) is 3.57. The third-order valence-electron chi connectivity index (χ3n) is 3.57. The summed E-state index contributed by atoms with van der Waals surface area (Å²) in [6.07, 6.45) is 19.2. The Labute approximate surface area is 135 Å². The van der Waals surface area contributed by atoms with Crippen molar-refractivity contribution >= 4 is 11.8 Å². The number of unbranched alkanes of at least 4 members (excludes halogenated alkanes) is 8. The van der Waals surface area contributed by atoms with E-state index in [4.69, 9.17) is 5.11 Å². The van der Waals surface area contributed by atoms with Crippen molar-refractivity contribution in [1.82, 2.24) is 0 Å². The summed E-state index contributed by atoms with van der Waals surface area (Å²) in [6, 6.07) is 0. The van der Waals surface area contributed by atoms with Crippen molar-refractivity contribution in [2.24, 2.45) is 0 Å². The molecule has 126 valence electrons. The maximum Gasteiger partial charge on any atom is 0.303 e. The summed E-state index contributed by atoms with van der Waals surface area (Å²) >= 11 is 0. The minimum absolute atomic E-state index is 0.198. The van der Waals surface area contributed by atoms with Crippen LogP contribution in [0.5, 0.6) is 0 Å². The molecule has 0 aliphatic heterocycles. The van der Waals surface area contributed by atoms with E-state index in [-0.39, 0.29) is 12.2 Å². The van der Waals surface area contributed by atoms with E-state index in [0.717, 1.165) is 44.9 Å². The van der Waals surface area contributed by atoms with Crippen molar-refractivity contribution in [3.8, 4) is 0 Å². The van der Waals surface area contributed by atoms with Crippen molar-refractivity contribution in [3.63, 3.8) is 0 Å². The Bertz CT molecular complexity index is 343. The molecule has 22 heavy (non-hydrogen) atoms. The van der Waals surface area contributed by atoms with Gasteiger partial charge in [-0.05, 0) is 31.8 Å². The summed E-state index contributed by atoms with van der Waals surface area (Å²) in [7, 11) is 0. The van der Waals surface area contributed by atoms with Crippen LogP contribution in [-0.4, -0.2) is 16.9 Å². The fourth-order valence-corrected chi connectivity index (χ4v) is 2.22. The van der Waals surface area contributed by atoms with Gasteiger partial charge in [-0.3, -0.25) is 9.59 Å². The lowest BCUT2D eigenvalue weighted by Gasteiger charge is -1.99. The van der Waals surface area contributed by atoms with Gasteiger partial charge in [-0.15, -0.1) is 0 Å². The second-order valence-electron chi connectivity index (χ2n) is 5.76. The van der Waals surface area contributed by atoms with Crippen LogP contribution in [-0.2, 0) is 9.59 Å². The van der Waals surface area contributed by atoms with Gasteiger partial charge in [-0.25, -0.2) is 0 Å². The largest absolute Gasteiger partial charge is 0.481 e. The van der Waals surface area contributed by atoms with Crippen molar-refractivity contribution in [2.75, 3.05) is 0 Å². The molecular formula is C19H32O3. The first-order valence-corrected chi connectivity index (χ1v) is 8.74. The van der Waals surface area contributed by atoms with Gasteiger partial charge in [0.2, 0.25) is 0 Å². The number of hydrogen-bond donors (Lipinski definition) is 1. The van der Waals surface area contributed by atoms with E-state index in [1.807, 2.05) is 12.2 Å². The topological polar surface area (TPSA) is 54.4 Å². The summed E-state index contributed by atoms with van der Waals surface area (Å²) in [6.45, 7) is 2.19. The molecule has 0 atom stereocenters. The molecule has 3 nitrogen and oxygen atoms in total. The predicted molar refractivity (Wildman–Crippen MR) is 92.0 cm³/mol. The van der Waals surface area contributed by atoms with Gasteiger partial charge in [0.1, 0.15) is 0 Å². The first kappa shape index (κ1) is 20.6. The van der Waals surface area contributed by atoms with Crippen LogP contribution in [0.3, 0.4) is 0 Å². The minimum atomic E-state index is -0.711. The Balaban J connectivity index is 3.40. The highest BCUT2D eigenvalue weighted by atomic mass is 16.4. The first-order valence-electron chi connectivity index (χ1n) is 8.74. The molecular weight excluding hydrogens is 276 g/mol. The molecule has 0 unspecified atom stereocenters. The molecule has 1 N–H and O–H groups in total. The molecule has 0 saturated carbocycles. The summed E-state index contributed by atoms with van der Waals surface area (Å²) in [5.41, 5.74) is 0. The van der Waals surface area contributed by atoms with Gasteiger partial charge >= 0.3 is 5.97 Å². The second kappa shape index (κ2) is 16.0. The van der Waals surface area contributed by atoms with E-state index in [9.17, 15) is 9.59 Å². The standard InChI is InChI=1S/C19H32O3/c1-2-3-4-5-6-9-12-15-18(20)16-13-10-7-8-11-14-17-19(21)22/h6,9,12,15H,2-5,7-8,10-11,13-14,16-17H2,1H3,(H,21,22). The molecule has 0 aromatic rings. The lowest BCUT2D eigenvalue weighted by molar-refractivity contribution is -0.137. The first-order chi connectivity index (χ1) is 10.7. The molecule has 0 saturated heterocycles. The maximum atomic E-state index is 11.6. The zero-order valence-corrected chi connectivity index (χ0v) is 14.1. The Morgan fingerprint density at radius 1 is 0.818 bits per heavy atom. The van der Waals surface area contributed by atoms with Gasteiger partial charge in [0.15, 0.2) is 5.78 Å². The molecule has 0 heterocycles. The second-order valence-corrected chi connectivity index (χ2v) is 5.76. The van der Waals surface area contributed by atoms with Crippen LogP contribution in [0.25, 0.3) is 0 Å². The summed E-state index contributed by atoms with van der Waals surface area (Å²) in [5, 5.41) is 8.51. The van der Waals surface area contributed by atoms with E-state index < -0.39 is 5.97 Å². The van der Waals surface area contributed by atoms with Crippen molar-refractivity contribution < 1.29 is 14.7 Å². The highest BCUT2D eigenvalue weighted by Gasteiger charge is 1.98. The molecule has 0 aromatic heterocycles. The number of aliphatic carboxylic acids is 1. The number of carboxylic acid groups (broad SMARTS) is 1. The molecule has 0 radical (unpaired) electrons. The van der Waals surface area contributed by atoms with Crippen LogP contribution in [0.15, 0.2) is 24.3 Å². The van der Waals surface area contributed by atoms with E-state index in [1.165, 1.54) is 19.3 Å². The average Bonchev–Trinajstić information content (AvgIpc) is 2.48. The highest BCUT2D eigenvalue weighted by molar-refractivity contribution is 5.89. The zero-order chi connectivity index (χ0) is 16.5. The van der Waals surface area contributed by atoms with Crippen LogP contribution in [0.1, 0.15) is 84.0 Å². The van der Waals surface area contributed by atoms with Crippen LogP contribution in [0, 0.1) is 0 Å². The molecule has 0 aliphatic carbocycles. The van der Waals surface area contributed by atoms with Crippen LogP contribution in [0.4, 0.5) is 0 Å². The smallest absolute Gasteiger partial charge is 0.303 e. The molecule has 3 heteroatoms. The zero-order valence-electron chi connectivity index (χ0n) is 14.1. The van der Waals surface area contributed by atoms with Gasteiger partial charge in [-0.2, -0.15) is 0 Å². The number of hydrogen-bond acceptors (Lipinski definition) is 2. The van der Waals surface area contributed by atoms with E-state index in [0.29, 0.717) is 6.42 Å². The number of carbonyl (C=O) groups is 2. The molecule has 0 fully saturated rings. The number of ketones is 1. The highest BCUT2D eigenvalue weighted by Crippen LogP contribution is 2.09. The normalized spacial score (nSPS) is 11.5. The molecule has 0 spiro atoms. The molecule has 0 rings (SSSR count). The van der Waals surface area contributed by atoms with Gasteiger partial charge in [-0.1, -0.05) is 63.7 Å². The van der Waals surface area contributed by atoms with Crippen LogP contribution < -0.4 is 0 Å². The van der Waals surface area contributed by atoms with Crippen molar-refractivity contribution in [1.29, 1.82) is 0 Å². The molecule has 0 aromatic carbocycles. The van der Waals surface area contributed by atoms with Crippen molar-refractivity contribution in [3.05, 3.63) is 24.3 Å². The SMILES string of the molecule is CCCCCC=CC=CC(=O)CCCCCCCCC(=O)O.